The van der Waals surface area contributed by atoms with Crippen LogP contribution in [0.15, 0.2) is 0 Å². The molecule has 1 heterocycles. The van der Waals surface area contributed by atoms with E-state index in [0.29, 0.717) is 12.6 Å². The Kier molecular flexibility index (Phi) is 6.54. The van der Waals surface area contributed by atoms with Crippen LogP contribution in [0.1, 0.15) is 40.0 Å². The lowest BCUT2D eigenvalue weighted by Crippen LogP contribution is -2.49. The zero-order valence-electron chi connectivity index (χ0n) is 11.6. The molecule has 1 fully saturated rings. The lowest BCUT2D eigenvalue weighted by atomic mass is 9.92. The minimum absolute atomic E-state index is 0.582. The topological polar surface area (TPSA) is 39.1 Å². The molecule has 0 aromatic heterocycles. The quantitative estimate of drug-likeness (QED) is 0.720. The molecule has 0 radical (unpaired) electrons. The molecular formula is C14H27N3. The summed E-state index contributed by atoms with van der Waals surface area (Å²) in [5, 5.41) is 12.5. The van der Waals surface area contributed by atoms with Crippen molar-refractivity contribution < 1.29 is 0 Å². The first-order chi connectivity index (χ1) is 8.15. The number of nitrogens with one attached hydrogen (secondary N) is 1. The number of rotatable bonds is 6. The van der Waals surface area contributed by atoms with E-state index in [1.165, 1.54) is 19.3 Å². The Morgan fingerprint density at radius 3 is 2.76 bits per heavy atom. The Labute approximate surface area is 106 Å². The minimum Gasteiger partial charge on any atom is -0.313 e. The van der Waals surface area contributed by atoms with Gasteiger partial charge in [-0.25, -0.2) is 0 Å². The molecule has 1 saturated heterocycles. The number of hydrogen-bond acceptors (Lipinski definition) is 3. The van der Waals surface area contributed by atoms with Crippen LogP contribution < -0.4 is 5.32 Å². The van der Waals surface area contributed by atoms with Gasteiger partial charge in [0.2, 0.25) is 0 Å². The molecule has 3 heteroatoms. The second-order valence-corrected chi connectivity index (χ2v) is 5.70. The van der Waals surface area contributed by atoms with E-state index >= 15 is 0 Å². The van der Waals surface area contributed by atoms with Crippen molar-refractivity contribution >= 4 is 0 Å². The molecule has 0 aliphatic carbocycles. The van der Waals surface area contributed by atoms with Gasteiger partial charge in [0.25, 0.3) is 0 Å². The van der Waals surface area contributed by atoms with Gasteiger partial charge in [0, 0.05) is 19.1 Å². The van der Waals surface area contributed by atoms with Crippen molar-refractivity contribution in [3.8, 4) is 6.07 Å². The Bertz CT molecular complexity index is 244. The Morgan fingerprint density at radius 2 is 2.18 bits per heavy atom. The molecule has 3 nitrogen and oxygen atoms in total. The molecule has 0 bridgehead atoms. The highest BCUT2D eigenvalue weighted by Gasteiger charge is 2.25. The maximum atomic E-state index is 8.80. The van der Waals surface area contributed by atoms with Crippen molar-refractivity contribution in [2.24, 2.45) is 11.8 Å². The summed E-state index contributed by atoms with van der Waals surface area (Å²) in [6.07, 6.45) is 3.74. The first kappa shape index (κ1) is 14.5. The smallest absolute Gasteiger partial charge is 0.0866 e. The molecule has 1 rings (SSSR count). The molecule has 98 valence electrons. The third-order valence-corrected chi connectivity index (χ3v) is 3.64. The van der Waals surface area contributed by atoms with Crippen LogP contribution in [-0.2, 0) is 0 Å². The van der Waals surface area contributed by atoms with Crippen molar-refractivity contribution in [2.75, 3.05) is 26.2 Å². The third kappa shape index (κ3) is 5.52. The highest BCUT2D eigenvalue weighted by Crippen LogP contribution is 2.19. The molecule has 1 aliphatic heterocycles. The molecule has 2 unspecified atom stereocenters. The average Bonchev–Trinajstić information content (AvgIpc) is 2.28. The van der Waals surface area contributed by atoms with Crippen molar-refractivity contribution in [3.63, 3.8) is 0 Å². The molecule has 1 N–H and O–H groups in total. The van der Waals surface area contributed by atoms with E-state index in [1.54, 1.807) is 0 Å². The number of likely N-dealkylation sites (tertiary alicyclic amines) is 1. The largest absolute Gasteiger partial charge is 0.313 e. The monoisotopic (exact) mass is 237 g/mol. The van der Waals surface area contributed by atoms with Gasteiger partial charge in [-0.3, -0.25) is 4.90 Å². The lowest BCUT2D eigenvalue weighted by molar-refractivity contribution is 0.152. The second kappa shape index (κ2) is 7.68. The molecular weight excluding hydrogens is 210 g/mol. The molecule has 0 aromatic rings. The molecule has 0 amide bonds. The summed E-state index contributed by atoms with van der Waals surface area (Å²) in [6, 6.07) is 2.86. The summed E-state index contributed by atoms with van der Waals surface area (Å²) in [5.41, 5.74) is 0. The molecule has 17 heavy (non-hydrogen) atoms. The fourth-order valence-corrected chi connectivity index (χ4v) is 2.55. The first-order valence-electron chi connectivity index (χ1n) is 6.98. The predicted octanol–water partition coefficient (Wildman–Crippen LogP) is 2.25. The number of nitriles is 1. The molecule has 1 aliphatic rings. The summed E-state index contributed by atoms with van der Waals surface area (Å²) in [5.74, 6) is 1.52. The Morgan fingerprint density at radius 1 is 1.41 bits per heavy atom. The SMILES string of the molecule is CCC1CC(NCCC(C)C)CN(CC#N)C1. The first-order valence-corrected chi connectivity index (χ1v) is 6.98. The normalized spacial score (nSPS) is 26.1. The second-order valence-electron chi connectivity index (χ2n) is 5.70. The van der Waals surface area contributed by atoms with Gasteiger partial charge in [-0.2, -0.15) is 5.26 Å². The van der Waals surface area contributed by atoms with Crippen molar-refractivity contribution in [3.05, 3.63) is 0 Å². The van der Waals surface area contributed by atoms with Crippen LogP contribution in [0.5, 0.6) is 0 Å². The third-order valence-electron chi connectivity index (χ3n) is 3.64. The van der Waals surface area contributed by atoms with E-state index in [2.05, 4.69) is 37.1 Å². The maximum Gasteiger partial charge on any atom is 0.0866 e. The van der Waals surface area contributed by atoms with Crippen LogP contribution in [0.2, 0.25) is 0 Å². The van der Waals surface area contributed by atoms with E-state index in [4.69, 9.17) is 5.26 Å². The summed E-state index contributed by atoms with van der Waals surface area (Å²) >= 11 is 0. The fraction of sp³-hybridized carbons (Fsp3) is 0.929. The van der Waals surface area contributed by atoms with E-state index in [1.807, 2.05) is 0 Å². The fourth-order valence-electron chi connectivity index (χ4n) is 2.55. The van der Waals surface area contributed by atoms with E-state index in [-0.39, 0.29) is 0 Å². The molecule has 0 aromatic carbocycles. The van der Waals surface area contributed by atoms with E-state index < -0.39 is 0 Å². The summed E-state index contributed by atoms with van der Waals surface area (Å²) in [4.78, 5) is 2.30. The van der Waals surface area contributed by atoms with E-state index in [0.717, 1.165) is 31.5 Å². The van der Waals surface area contributed by atoms with Crippen LogP contribution in [-0.4, -0.2) is 37.1 Å². The summed E-state index contributed by atoms with van der Waals surface area (Å²) in [7, 11) is 0. The van der Waals surface area contributed by atoms with E-state index in [9.17, 15) is 0 Å². The minimum atomic E-state index is 0.582. The van der Waals surface area contributed by atoms with Crippen LogP contribution in [0, 0.1) is 23.2 Å². The highest BCUT2D eigenvalue weighted by atomic mass is 15.2. The van der Waals surface area contributed by atoms with Gasteiger partial charge in [0.1, 0.15) is 0 Å². The van der Waals surface area contributed by atoms with Crippen molar-refractivity contribution in [1.82, 2.24) is 10.2 Å². The number of hydrogen-bond donors (Lipinski definition) is 1. The molecule has 0 saturated carbocycles. The Hall–Kier alpha value is -0.590. The summed E-state index contributed by atoms with van der Waals surface area (Å²) < 4.78 is 0. The highest BCUT2D eigenvalue weighted by molar-refractivity contribution is 4.87. The van der Waals surface area contributed by atoms with Gasteiger partial charge in [-0.15, -0.1) is 0 Å². The lowest BCUT2D eigenvalue weighted by Gasteiger charge is -2.36. The zero-order valence-corrected chi connectivity index (χ0v) is 11.6. The van der Waals surface area contributed by atoms with Gasteiger partial charge in [-0.1, -0.05) is 27.2 Å². The predicted molar refractivity (Wildman–Crippen MR) is 71.7 cm³/mol. The van der Waals surface area contributed by atoms with Gasteiger partial charge in [0.05, 0.1) is 12.6 Å². The Balaban J connectivity index is 2.34. The number of nitrogens with zero attached hydrogens (tertiary/aromatic N) is 2. The van der Waals surface area contributed by atoms with Crippen molar-refractivity contribution in [2.45, 2.75) is 46.1 Å². The van der Waals surface area contributed by atoms with Gasteiger partial charge < -0.3 is 5.32 Å². The number of piperidine rings is 1. The van der Waals surface area contributed by atoms with Crippen LogP contribution >= 0.6 is 0 Å². The van der Waals surface area contributed by atoms with Crippen molar-refractivity contribution in [1.29, 1.82) is 5.26 Å². The van der Waals surface area contributed by atoms with Gasteiger partial charge in [-0.05, 0) is 31.2 Å². The zero-order chi connectivity index (χ0) is 12.7. The summed E-state index contributed by atoms with van der Waals surface area (Å²) in [6.45, 7) is 10.6. The van der Waals surface area contributed by atoms with Gasteiger partial charge >= 0.3 is 0 Å². The average molecular weight is 237 g/mol. The molecule has 2 atom stereocenters. The molecule has 0 spiro atoms. The van der Waals surface area contributed by atoms with Crippen LogP contribution in [0.3, 0.4) is 0 Å². The maximum absolute atomic E-state index is 8.80. The standard InChI is InChI=1S/C14H27N3/c1-4-13-9-14(16-7-5-12(2)3)11-17(10-13)8-6-15/h12-14,16H,4-5,7-11H2,1-3H3. The van der Waals surface area contributed by atoms with Crippen LogP contribution in [0.4, 0.5) is 0 Å². The van der Waals surface area contributed by atoms with Crippen LogP contribution in [0.25, 0.3) is 0 Å². The van der Waals surface area contributed by atoms with Gasteiger partial charge in [0.15, 0.2) is 0 Å².